The van der Waals surface area contributed by atoms with Gasteiger partial charge in [-0.05, 0) is 38.1 Å². The first-order chi connectivity index (χ1) is 13.0. The van der Waals surface area contributed by atoms with E-state index in [1.165, 1.54) is 31.4 Å². The summed E-state index contributed by atoms with van der Waals surface area (Å²) in [6, 6.07) is 11.4. The number of carboxylic acid groups (broad SMARTS) is 1. The summed E-state index contributed by atoms with van der Waals surface area (Å²) in [6.07, 6.45) is 0.0613. The number of carboxylic acids is 1. The zero-order chi connectivity index (χ0) is 19.4. The molecule has 3 aromatic rings. The van der Waals surface area contributed by atoms with E-state index in [-0.39, 0.29) is 27.9 Å². The fraction of sp³-hybridized carbons (Fsp3) is 0.200. The molecule has 0 amide bonds. The first-order valence-corrected chi connectivity index (χ1v) is 8.32. The molecule has 0 fully saturated rings. The maximum atomic E-state index is 12.7. The van der Waals surface area contributed by atoms with Crippen LogP contribution in [-0.2, 0) is 4.79 Å². The molecule has 0 aliphatic carbocycles. The number of ether oxygens (including phenoxy) is 3. The molecule has 2 aromatic carbocycles. The molecule has 1 unspecified atom stereocenters. The largest absolute Gasteiger partial charge is 0.546 e. The van der Waals surface area contributed by atoms with Crippen LogP contribution < -0.4 is 24.7 Å². The van der Waals surface area contributed by atoms with Gasteiger partial charge in [0.2, 0.25) is 11.2 Å². The second-order valence-electron chi connectivity index (χ2n) is 5.65. The number of benzene rings is 2. The minimum atomic E-state index is -1.34. The monoisotopic (exact) mass is 369 g/mol. The van der Waals surface area contributed by atoms with Crippen molar-refractivity contribution < 1.29 is 28.5 Å². The molecule has 1 atom stereocenters. The van der Waals surface area contributed by atoms with Gasteiger partial charge in [-0.2, -0.15) is 0 Å². The standard InChI is InChI=1S/C20H18O7/c1-3-24-15-6-4-5-7-16(15)27-18-11-25-17-10-13(26-12(2)20(22)23)8-9-14(17)19(18)21/h4-12H,3H2,1-2H3,(H,22,23)/p-1. The molecule has 1 heterocycles. The van der Waals surface area contributed by atoms with Crippen LogP contribution in [0, 0.1) is 0 Å². The molecule has 0 aliphatic rings. The predicted molar refractivity (Wildman–Crippen MR) is 95.3 cm³/mol. The molecular weight excluding hydrogens is 352 g/mol. The number of fused-ring (bicyclic) bond motifs is 1. The maximum absolute atomic E-state index is 12.7. The van der Waals surface area contributed by atoms with Gasteiger partial charge in [0.1, 0.15) is 23.7 Å². The Balaban J connectivity index is 1.92. The highest BCUT2D eigenvalue weighted by Crippen LogP contribution is 2.31. The van der Waals surface area contributed by atoms with Gasteiger partial charge in [0.05, 0.1) is 18.0 Å². The van der Waals surface area contributed by atoms with Gasteiger partial charge in [-0.15, -0.1) is 0 Å². The molecule has 7 nitrogen and oxygen atoms in total. The van der Waals surface area contributed by atoms with Gasteiger partial charge in [-0.1, -0.05) is 12.1 Å². The number of carbonyl (C=O) groups is 1. The predicted octanol–water partition coefficient (Wildman–Crippen LogP) is 2.50. The van der Waals surface area contributed by atoms with E-state index in [1.807, 2.05) is 6.92 Å². The normalized spacial score (nSPS) is 11.8. The van der Waals surface area contributed by atoms with Gasteiger partial charge in [0.25, 0.3) is 0 Å². The Morgan fingerprint density at radius 3 is 2.59 bits per heavy atom. The summed E-state index contributed by atoms with van der Waals surface area (Å²) >= 11 is 0. The second kappa shape index (κ2) is 7.82. The lowest BCUT2D eigenvalue weighted by molar-refractivity contribution is -0.312. The smallest absolute Gasteiger partial charge is 0.235 e. The molecular formula is C20H17O7-. The number of carbonyl (C=O) groups excluding carboxylic acids is 1. The van der Waals surface area contributed by atoms with Gasteiger partial charge in [-0.3, -0.25) is 4.79 Å². The number of aliphatic carboxylic acids is 1. The summed E-state index contributed by atoms with van der Waals surface area (Å²) in [5, 5.41) is 11.1. The van der Waals surface area contributed by atoms with E-state index in [2.05, 4.69) is 0 Å². The Hall–Kier alpha value is -3.48. The van der Waals surface area contributed by atoms with E-state index in [9.17, 15) is 14.7 Å². The molecule has 0 saturated heterocycles. The van der Waals surface area contributed by atoms with Crippen molar-refractivity contribution in [2.45, 2.75) is 20.0 Å². The van der Waals surface area contributed by atoms with Gasteiger partial charge >= 0.3 is 0 Å². The van der Waals surface area contributed by atoms with Crippen LogP contribution in [0.3, 0.4) is 0 Å². The molecule has 140 valence electrons. The quantitative estimate of drug-likeness (QED) is 0.631. The van der Waals surface area contributed by atoms with E-state index < -0.39 is 12.1 Å². The van der Waals surface area contributed by atoms with Crippen LogP contribution in [0.5, 0.6) is 23.0 Å². The Bertz CT molecular complexity index is 1020. The van der Waals surface area contributed by atoms with Crippen LogP contribution in [0.1, 0.15) is 13.8 Å². The van der Waals surface area contributed by atoms with Crippen LogP contribution in [0.15, 0.2) is 57.9 Å². The minimum absolute atomic E-state index is 0.00595. The van der Waals surface area contributed by atoms with Crippen LogP contribution >= 0.6 is 0 Å². The highest BCUT2D eigenvalue weighted by atomic mass is 16.5. The van der Waals surface area contributed by atoms with Crippen LogP contribution in [0.2, 0.25) is 0 Å². The molecule has 1 aromatic heterocycles. The molecule has 0 N–H and O–H groups in total. The molecule has 0 bridgehead atoms. The zero-order valence-electron chi connectivity index (χ0n) is 14.8. The fourth-order valence-corrected chi connectivity index (χ4v) is 2.41. The number of hydrogen-bond donors (Lipinski definition) is 0. The van der Waals surface area contributed by atoms with Gasteiger partial charge in [-0.25, -0.2) is 0 Å². The lowest BCUT2D eigenvalue weighted by Gasteiger charge is -2.15. The average Bonchev–Trinajstić information content (AvgIpc) is 2.65. The topological polar surface area (TPSA) is 98.0 Å². The first-order valence-electron chi connectivity index (χ1n) is 8.32. The fourth-order valence-electron chi connectivity index (χ4n) is 2.41. The van der Waals surface area contributed by atoms with Crippen molar-refractivity contribution in [3.63, 3.8) is 0 Å². The minimum Gasteiger partial charge on any atom is -0.546 e. The molecule has 27 heavy (non-hydrogen) atoms. The van der Waals surface area contributed by atoms with E-state index in [1.54, 1.807) is 24.3 Å². The van der Waals surface area contributed by atoms with Crippen molar-refractivity contribution >= 4 is 16.9 Å². The average molecular weight is 369 g/mol. The number of rotatable bonds is 7. The summed E-state index contributed by atoms with van der Waals surface area (Å²) in [7, 11) is 0. The molecule has 0 aliphatic heterocycles. The second-order valence-corrected chi connectivity index (χ2v) is 5.65. The Morgan fingerprint density at radius 1 is 1.15 bits per heavy atom. The van der Waals surface area contributed by atoms with Crippen molar-refractivity contribution in [3.05, 3.63) is 59.0 Å². The van der Waals surface area contributed by atoms with Crippen molar-refractivity contribution in [1.29, 1.82) is 0 Å². The summed E-state index contributed by atoms with van der Waals surface area (Å²) in [5.41, 5.74) is -0.129. The summed E-state index contributed by atoms with van der Waals surface area (Å²) in [6.45, 7) is 3.66. The molecule has 7 heteroatoms. The molecule has 0 saturated carbocycles. The van der Waals surface area contributed by atoms with Crippen molar-refractivity contribution in [1.82, 2.24) is 0 Å². The van der Waals surface area contributed by atoms with E-state index in [4.69, 9.17) is 18.6 Å². The summed E-state index contributed by atoms with van der Waals surface area (Å²) in [4.78, 5) is 23.5. The highest BCUT2D eigenvalue weighted by molar-refractivity contribution is 5.79. The van der Waals surface area contributed by atoms with Gasteiger partial charge in [0, 0.05) is 6.07 Å². The Morgan fingerprint density at radius 2 is 1.89 bits per heavy atom. The maximum Gasteiger partial charge on any atom is 0.235 e. The van der Waals surface area contributed by atoms with Crippen molar-refractivity contribution in [2.75, 3.05) is 6.61 Å². The summed E-state index contributed by atoms with van der Waals surface area (Å²) in [5.74, 6) is -0.175. The van der Waals surface area contributed by atoms with Gasteiger partial charge in [0.15, 0.2) is 11.5 Å². The van der Waals surface area contributed by atoms with Crippen molar-refractivity contribution in [2.24, 2.45) is 0 Å². The number of para-hydroxylation sites is 2. The lowest BCUT2D eigenvalue weighted by atomic mass is 10.2. The third-order valence-corrected chi connectivity index (χ3v) is 3.73. The van der Waals surface area contributed by atoms with Crippen LogP contribution in [0.25, 0.3) is 11.0 Å². The molecule has 0 spiro atoms. The zero-order valence-corrected chi connectivity index (χ0v) is 14.8. The highest BCUT2D eigenvalue weighted by Gasteiger charge is 2.13. The molecule has 0 radical (unpaired) electrons. The van der Waals surface area contributed by atoms with Crippen LogP contribution in [0.4, 0.5) is 0 Å². The van der Waals surface area contributed by atoms with E-state index >= 15 is 0 Å². The third kappa shape index (κ3) is 4.03. The number of hydrogen-bond acceptors (Lipinski definition) is 7. The Labute approximate surface area is 154 Å². The summed E-state index contributed by atoms with van der Waals surface area (Å²) < 4.78 is 21.8. The van der Waals surface area contributed by atoms with Crippen molar-refractivity contribution in [3.8, 4) is 23.0 Å². The first kappa shape index (κ1) is 18.3. The van der Waals surface area contributed by atoms with Crippen LogP contribution in [-0.4, -0.2) is 18.7 Å². The SMILES string of the molecule is CCOc1ccccc1Oc1coc2cc(OC(C)C(=O)[O-])ccc2c1=O. The van der Waals surface area contributed by atoms with E-state index in [0.29, 0.717) is 18.1 Å². The molecule has 3 rings (SSSR count). The van der Waals surface area contributed by atoms with E-state index in [0.717, 1.165) is 0 Å². The lowest BCUT2D eigenvalue weighted by Crippen LogP contribution is -2.37. The third-order valence-electron chi connectivity index (χ3n) is 3.73. The Kier molecular flexibility index (Phi) is 5.30. The van der Waals surface area contributed by atoms with Gasteiger partial charge < -0.3 is 28.5 Å².